The highest BCUT2D eigenvalue weighted by Gasteiger charge is 2.61. The van der Waals surface area contributed by atoms with Gasteiger partial charge in [0.15, 0.2) is 23.4 Å². The highest BCUT2D eigenvalue weighted by atomic mass is 16.5. The summed E-state index contributed by atoms with van der Waals surface area (Å²) in [6, 6.07) is 15.3. The molecule has 3 aliphatic heterocycles. The zero-order chi connectivity index (χ0) is 32.6. The van der Waals surface area contributed by atoms with Gasteiger partial charge in [-0.25, -0.2) is 4.98 Å². The molecule has 10 nitrogen and oxygen atoms in total. The Kier molecular flexibility index (Phi) is 6.67. The lowest BCUT2D eigenvalue weighted by Crippen LogP contribution is -2.42. The second-order valence-corrected chi connectivity index (χ2v) is 14.3. The van der Waals surface area contributed by atoms with Gasteiger partial charge in [0.2, 0.25) is 17.7 Å². The number of rotatable bonds is 5. The number of fused-ring (bicyclic) bond motifs is 4. The Morgan fingerprint density at radius 1 is 1.09 bits per heavy atom. The van der Waals surface area contributed by atoms with E-state index in [1.807, 2.05) is 84.0 Å². The van der Waals surface area contributed by atoms with Crippen molar-refractivity contribution in [1.82, 2.24) is 15.3 Å². The molecule has 4 bridgehead atoms. The molecule has 10 heteroatoms. The zero-order valence-corrected chi connectivity index (χ0v) is 26.9. The number of nitrogens with zero attached hydrogens (tertiary/aromatic N) is 3. The first-order chi connectivity index (χ1) is 21.9. The summed E-state index contributed by atoms with van der Waals surface area (Å²) in [5, 5.41) is 16.3. The fourth-order valence-corrected chi connectivity index (χ4v) is 6.81. The third-order valence-electron chi connectivity index (χ3n) is 9.89. The SMILES string of the molecule is CCC(C)(C)C(=O)CC1Cc2ccc3c(c2)C2(c4ccccc4N[C@H]2O3)c2oc(nc2-c2nc(C#N)co2)[C@H](C(C)(C)C)NC1=O. The molecule has 5 heterocycles. The molecule has 236 valence electrons. The van der Waals surface area contributed by atoms with Crippen LogP contribution in [0.15, 0.2) is 57.6 Å². The minimum Gasteiger partial charge on any atom is -0.469 e. The minimum atomic E-state index is -1.01. The lowest BCUT2D eigenvalue weighted by molar-refractivity contribution is -0.134. The van der Waals surface area contributed by atoms with Crippen molar-refractivity contribution in [3.63, 3.8) is 0 Å². The number of benzene rings is 2. The maximum absolute atomic E-state index is 14.2. The summed E-state index contributed by atoms with van der Waals surface area (Å²) in [6.07, 6.45) is 1.84. The zero-order valence-electron chi connectivity index (χ0n) is 26.9. The van der Waals surface area contributed by atoms with E-state index in [4.69, 9.17) is 18.6 Å². The molecule has 4 atom stereocenters. The number of nitriles is 1. The van der Waals surface area contributed by atoms with Crippen molar-refractivity contribution in [3.05, 3.63) is 82.8 Å². The molecule has 7 rings (SSSR count). The summed E-state index contributed by atoms with van der Waals surface area (Å²) in [5.74, 6) is 0.671. The van der Waals surface area contributed by atoms with Gasteiger partial charge in [-0.05, 0) is 41.5 Å². The quantitative estimate of drug-likeness (QED) is 0.258. The first kappa shape index (κ1) is 29.8. The molecule has 1 spiro atoms. The van der Waals surface area contributed by atoms with Crippen LogP contribution in [0.5, 0.6) is 5.75 Å². The molecular weight excluding hydrogens is 582 g/mol. The van der Waals surface area contributed by atoms with Crippen LogP contribution < -0.4 is 15.4 Å². The lowest BCUT2D eigenvalue weighted by atomic mass is 9.72. The minimum absolute atomic E-state index is 0.0439. The van der Waals surface area contributed by atoms with E-state index in [1.165, 1.54) is 6.26 Å². The van der Waals surface area contributed by atoms with Gasteiger partial charge in [0.1, 0.15) is 35.3 Å². The first-order valence-corrected chi connectivity index (χ1v) is 15.7. The van der Waals surface area contributed by atoms with Crippen molar-refractivity contribution >= 4 is 17.4 Å². The van der Waals surface area contributed by atoms with E-state index >= 15 is 0 Å². The standard InChI is InChI=1S/C36H37N5O5/c1-7-35(5,6)26(42)16-20-14-19-12-13-25-23(15-19)36(22-10-8-9-11-24(22)39-33(36)45-25)29-27(31-38-21(17-37)18-44-31)40-32(46-29)28(34(2,3)4)41-30(20)43/h8-13,15,18,20,28,33,39H,7,14,16H2,1-6H3,(H,41,43)/t20?,28-,33+,36?/m1/s1. The van der Waals surface area contributed by atoms with Crippen LogP contribution in [0.25, 0.3) is 11.6 Å². The van der Waals surface area contributed by atoms with Crippen LogP contribution in [-0.2, 0) is 21.4 Å². The molecule has 3 aliphatic rings. The number of aromatic nitrogens is 2. The Balaban J connectivity index is 1.51. The van der Waals surface area contributed by atoms with Gasteiger partial charge in [-0.15, -0.1) is 0 Å². The van der Waals surface area contributed by atoms with Crippen LogP contribution in [-0.4, -0.2) is 27.9 Å². The first-order valence-electron chi connectivity index (χ1n) is 15.7. The van der Waals surface area contributed by atoms with Gasteiger partial charge in [-0.1, -0.05) is 71.9 Å². The van der Waals surface area contributed by atoms with Gasteiger partial charge in [0.05, 0.1) is 0 Å². The Morgan fingerprint density at radius 2 is 1.87 bits per heavy atom. The number of anilines is 1. The molecule has 46 heavy (non-hydrogen) atoms. The number of hydrogen-bond donors (Lipinski definition) is 2. The van der Waals surface area contributed by atoms with Crippen molar-refractivity contribution in [3.8, 4) is 23.4 Å². The summed E-state index contributed by atoms with van der Waals surface area (Å²) in [7, 11) is 0. The molecule has 2 aromatic carbocycles. The number of ketones is 1. The number of Topliss-reactive ketones (excluding diaryl/α,β-unsaturated/α-hetero) is 1. The fourth-order valence-electron chi connectivity index (χ4n) is 6.81. The van der Waals surface area contributed by atoms with Crippen molar-refractivity contribution in [2.45, 2.75) is 78.5 Å². The average molecular weight is 620 g/mol. The van der Waals surface area contributed by atoms with E-state index in [0.717, 1.165) is 22.4 Å². The van der Waals surface area contributed by atoms with Gasteiger partial charge in [-0.2, -0.15) is 10.2 Å². The fraction of sp³-hybridized carbons (Fsp3) is 0.417. The maximum atomic E-state index is 14.2. The molecule has 0 fully saturated rings. The smallest absolute Gasteiger partial charge is 0.250 e. The monoisotopic (exact) mass is 619 g/mol. The van der Waals surface area contributed by atoms with Crippen molar-refractivity contribution in [2.24, 2.45) is 16.7 Å². The molecule has 0 saturated heterocycles. The highest BCUT2D eigenvalue weighted by molar-refractivity contribution is 5.90. The Morgan fingerprint density at radius 3 is 2.59 bits per heavy atom. The maximum Gasteiger partial charge on any atom is 0.250 e. The number of carbonyl (C=O) groups excluding carboxylic acids is 2. The van der Waals surface area contributed by atoms with Gasteiger partial charge in [0, 0.05) is 29.0 Å². The molecular formula is C36H37N5O5. The summed E-state index contributed by atoms with van der Waals surface area (Å²) >= 11 is 0. The molecule has 2 unspecified atom stereocenters. The molecule has 0 radical (unpaired) electrons. The van der Waals surface area contributed by atoms with Gasteiger partial charge >= 0.3 is 0 Å². The number of amides is 1. The Hall–Kier alpha value is -4.91. The largest absolute Gasteiger partial charge is 0.469 e. The lowest BCUT2D eigenvalue weighted by Gasteiger charge is -2.32. The normalized spacial score (nSPS) is 23.2. The molecule has 0 aliphatic carbocycles. The number of oxazole rings is 2. The van der Waals surface area contributed by atoms with Crippen LogP contribution >= 0.6 is 0 Å². The van der Waals surface area contributed by atoms with Gasteiger partial charge in [0.25, 0.3) is 0 Å². The van der Waals surface area contributed by atoms with E-state index in [-0.39, 0.29) is 35.6 Å². The van der Waals surface area contributed by atoms with Crippen molar-refractivity contribution in [1.29, 1.82) is 5.26 Å². The molecule has 2 aromatic heterocycles. The van der Waals surface area contributed by atoms with E-state index in [0.29, 0.717) is 30.0 Å². The number of ether oxygens (including phenoxy) is 1. The number of carbonyl (C=O) groups is 2. The van der Waals surface area contributed by atoms with Crippen LogP contribution in [0.2, 0.25) is 0 Å². The summed E-state index contributed by atoms with van der Waals surface area (Å²) in [4.78, 5) is 37.1. The van der Waals surface area contributed by atoms with Crippen LogP contribution in [0, 0.1) is 28.1 Å². The topological polar surface area (TPSA) is 143 Å². The molecule has 0 saturated carbocycles. The van der Waals surface area contributed by atoms with Crippen molar-refractivity contribution in [2.75, 3.05) is 5.32 Å². The van der Waals surface area contributed by atoms with E-state index in [1.54, 1.807) is 0 Å². The number of hydrogen-bond acceptors (Lipinski definition) is 9. The second-order valence-electron chi connectivity index (χ2n) is 14.3. The van der Waals surface area contributed by atoms with Gasteiger partial charge < -0.3 is 24.2 Å². The molecule has 2 N–H and O–H groups in total. The summed E-state index contributed by atoms with van der Waals surface area (Å²) in [6.45, 7) is 11.8. The van der Waals surface area contributed by atoms with E-state index < -0.39 is 34.4 Å². The van der Waals surface area contributed by atoms with E-state index in [9.17, 15) is 14.9 Å². The van der Waals surface area contributed by atoms with E-state index in [2.05, 4.69) is 21.7 Å². The number of para-hydroxylation sites is 1. The second kappa shape index (κ2) is 10.3. The molecule has 1 amide bonds. The Labute approximate surface area is 267 Å². The van der Waals surface area contributed by atoms with Crippen LogP contribution in [0.3, 0.4) is 0 Å². The van der Waals surface area contributed by atoms with Crippen LogP contribution in [0.4, 0.5) is 5.69 Å². The van der Waals surface area contributed by atoms with Crippen molar-refractivity contribution < 1.29 is 23.2 Å². The van der Waals surface area contributed by atoms with Gasteiger partial charge in [-0.3, -0.25) is 9.59 Å². The highest BCUT2D eigenvalue weighted by Crippen LogP contribution is 2.59. The van der Waals surface area contributed by atoms with Crippen LogP contribution in [0.1, 0.15) is 94.5 Å². The average Bonchev–Trinajstić information content (AvgIpc) is 3.79. The predicted octanol–water partition coefficient (Wildman–Crippen LogP) is 6.45. The summed E-state index contributed by atoms with van der Waals surface area (Å²) < 4.78 is 19.3. The Bertz CT molecular complexity index is 1920. The third-order valence-corrected chi connectivity index (χ3v) is 9.89. The predicted molar refractivity (Wildman–Crippen MR) is 169 cm³/mol. The third kappa shape index (κ3) is 4.43. The number of nitrogens with one attached hydrogen (secondary N) is 2. The molecule has 4 aromatic rings. The summed E-state index contributed by atoms with van der Waals surface area (Å²) in [5.41, 5.74) is 1.87.